The first kappa shape index (κ1) is 12.7. The van der Waals surface area contributed by atoms with Crippen LogP contribution in [0.3, 0.4) is 0 Å². The summed E-state index contributed by atoms with van der Waals surface area (Å²) in [6.45, 7) is 0.636. The fourth-order valence-electron chi connectivity index (χ4n) is 1.71. The Morgan fingerprint density at radius 2 is 2.11 bits per heavy atom. The highest BCUT2D eigenvalue weighted by atomic mass is 16.5. The minimum absolute atomic E-state index is 0.0396. The number of aromatic nitrogens is 2. The average molecular weight is 247 g/mol. The third-order valence-electron chi connectivity index (χ3n) is 2.69. The maximum absolute atomic E-state index is 9.26. The number of nitrogens with one attached hydrogen (secondary N) is 1. The lowest BCUT2D eigenvalue weighted by Gasteiger charge is -2.16. The molecular weight excluding hydrogens is 230 g/mol. The maximum atomic E-state index is 9.26. The number of aliphatic hydroxyl groups is 1. The van der Waals surface area contributed by atoms with Crippen LogP contribution in [0.25, 0.3) is 11.0 Å². The third kappa shape index (κ3) is 3.15. The van der Waals surface area contributed by atoms with Gasteiger partial charge < -0.3 is 15.2 Å². The van der Waals surface area contributed by atoms with E-state index in [9.17, 15) is 5.11 Å². The van der Waals surface area contributed by atoms with Crippen LogP contribution in [0, 0.1) is 0 Å². The van der Waals surface area contributed by atoms with E-state index in [2.05, 4.69) is 15.3 Å². The SMILES string of the molecule is COCCC(CO)Nc1cnc2ccccc2n1. The first-order valence-corrected chi connectivity index (χ1v) is 5.91. The van der Waals surface area contributed by atoms with Gasteiger partial charge >= 0.3 is 0 Å². The molecule has 2 N–H and O–H groups in total. The molecule has 0 aliphatic carbocycles. The third-order valence-corrected chi connectivity index (χ3v) is 2.69. The second-order valence-electron chi connectivity index (χ2n) is 4.05. The van der Waals surface area contributed by atoms with Crippen molar-refractivity contribution in [2.75, 3.05) is 25.6 Å². The largest absolute Gasteiger partial charge is 0.394 e. The summed E-state index contributed by atoms with van der Waals surface area (Å²) >= 11 is 0. The van der Waals surface area contributed by atoms with E-state index in [0.717, 1.165) is 17.5 Å². The van der Waals surface area contributed by atoms with Crippen molar-refractivity contribution in [2.24, 2.45) is 0 Å². The molecule has 1 unspecified atom stereocenters. The number of ether oxygens (including phenoxy) is 1. The standard InChI is InChI=1S/C13H17N3O2/c1-18-7-6-10(9-17)15-13-8-14-11-4-2-3-5-12(11)16-13/h2-5,8,10,17H,6-7,9H2,1H3,(H,15,16). The van der Waals surface area contributed by atoms with Crippen LogP contribution in [-0.4, -0.2) is 41.4 Å². The number of rotatable bonds is 6. The molecule has 0 aliphatic heterocycles. The molecular formula is C13H17N3O2. The van der Waals surface area contributed by atoms with Gasteiger partial charge in [-0.3, -0.25) is 4.98 Å². The molecule has 0 spiro atoms. The van der Waals surface area contributed by atoms with Crippen molar-refractivity contribution in [1.29, 1.82) is 0 Å². The Morgan fingerprint density at radius 1 is 1.33 bits per heavy atom. The van der Waals surface area contributed by atoms with E-state index in [1.165, 1.54) is 0 Å². The molecule has 18 heavy (non-hydrogen) atoms. The van der Waals surface area contributed by atoms with E-state index < -0.39 is 0 Å². The van der Waals surface area contributed by atoms with Crippen molar-refractivity contribution >= 4 is 16.9 Å². The van der Waals surface area contributed by atoms with Crippen LogP contribution < -0.4 is 5.32 Å². The molecule has 1 aromatic heterocycles. The summed E-state index contributed by atoms with van der Waals surface area (Å²) in [6.07, 6.45) is 2.40. The fraction of sp³-hybridized carbons (Fsp3) is 0.385. The summed E-state index contributed by atoms with van der Waals surface area (Å²) in [5.41, 5.74) is 1.70. The normalized spacial score (nSPS) is 12.6. The Bertz CT molecular complexity index is 504. The molecule has 0 radical (unpaired) electrons. The number of anilines is 1. The van der Waals surface area contributed by atoms with Gasteiger partial charge in [-0.1, -0.05) is 12.1 Å². The predicted molar refractivity (Wildman–Crippen MR) is 70.5 cm³/mol. The van der Waals surface area contributed by atoms with E-state index in [4.69, 9.17) is 4.74 Å². The number of benzene rings is 1. The number of hydrogen-bond acceptors (Lipinski definition) is 5. The zero-order valence-electron chi connectivity index (χ0n) is 10.3. The first-order valence-electron chi connectivity index (χ1n) is 5.91. The van der Waals surface area contributed by atoms with Crippen molar-refractivity contribution in [1.82, 2.24) is 9.97 Å². The maximum Gasteiger partial charge on any atom is 0.145 e. The molecule has 0 bridgehead atoms. The highest BCUT2D eigenvalue weighted by Gasteiger charge is 2.08. The lowest BCUT2D eigenvalue weighted by atomic mass is 10.2. The van der Waals surface area contributed by atoms with Gasteiger partial charge in [0.2, 0.25) is 0 Å². The molecule has 96 valence electrons. The summed E-state index contributed by atoms with van der Waals surface area (Å²) in [4.78, 5) is 8.76. The van der Waals surface area contributed by atoms with E-state index in [1.54, 1.807) is 13.3 Å². The molecule has 0 fully saturated rings. The first-order chi connectivity index (χ1) is 8.83. The Morgan fingerprint density at radius 3 is 2.83 bits per heavy atom. The van der Waals surface area contributed by atoms with Gasteiger partial charge in [-0.05, 0) is 18.6 Å². The Hall–Kier alpha value is -1.72. The lowest BCUT2D eigenvalue weighted by molar-refractivity contribution is 0.174. The number of aliphatic hydroxyl groups excluding tert-OH is 1. The van der Waals surface area contributed by atoms with Gasteiger partial charge in [0.1, 0.15) is 5.82 Å². The number of hydrogen-bond donors (Lipinski definition) is 2. The van der Waals surface area contributed by atoms with Gasteiger partial charge in [0, 0.05) is 13.7 Å². The number of fused-ring (bicyclic) bond motifs is 1. The van der Waals surface area contributed by atoms with Gasteiger partial charge in [0.05, 0.1) is 29.9 Å². The van der Waals surface area contributed by atoms with Crippen LogP contribution in [0.1, 0.15) is 6.42 Å². The molecule has 0 saturated heterocycles. The molecule has 5 heteroatoms. The van der Waals surface area contributed by atoms with Crippen molar-refractivity contribution in [2.45, 2.75) is 12.5 Å². The smallest absolute Gasteiger partial charge is 0.145 e. The number of methoxy groups -OCH3 is 1. The molecule has 1 atom stereocenters. The van der Waals surface area contributed by atoms with Crippen molar-refractivity contribution in [3.8, 4) is 0 Å². The van der Waals surface area contributed by atoms with Crippen LogP contribution in [0.5, 0.6) is 0 Å². The molecule has 0 amide bonds. The minimum atomic E-state index is -0.0691. The summed E-state index contributed by atoms with van der Waals surface area (Å²) in [6, 6.07) is 7.62. The van der Waals surface area contributed by atoms with E-state index in [-0.39, 0.29) is 12.6 Å². The van der Waals surface area contributed by atoms with Crippen molar-refractivity contribution < 1.29 is 9.84 Å². The van der Waals surface area contributed by atoms with E-state index in [0.29, 0.717) is 12.4 Å². The Kier molecular flexibility index (Phi) is 4.44. The van der Waals surface area contributed by atoms with E-state index >= 15 is 0 Å². The minimum Gasteiger partial charge on any atom is -0.394 e. The van der Waals surface area contributed by atoms with Crippen LogP contribution in [0.4, 0.5) is 5.82 Å². The van der Waals surface area contributed by atoms with Crippen molar-refractivity contribution in [3.05, 3.63) is 30.5 Å². The molecule has 2 aromatic rings. The van der Waals surface area contributed by atoms with Gasteiger partial charge in [-0.15, -0.1) is 0 Å². The molecule has 2 rings (SSSR count). The zero-order chi connectivity index (χ0) is 12.8. The Labute approximate surface area is 106 Å². The monoisotopic (exact) mass is 247 g/mol. The molecule has 1 aromatic carbocycles. The van der Waals surface area contributed by atoms with Crippen LogP contribution in [0.2, 0.25) is 0 Å². The highest BCUT2D eigenvalue weighted by molar-refractivity contribution is 5.75. The topological polar surface area (TPSA) is 67.3 Å². The second-order valence-corrected chi connectivity index (χ2v) is 4.05. The summed E-state index contributed by atoms with van der Waals surface area (Å²) in [5.74, 6) is 0.670. The molecule has 0 aliphatic rings. The second kappa shape index (κ2) is 6.28. The van der Waals surface area contributed by atoms with Crippen molar-refractivity contribution in [3.63, 3.8) is 0 Å². The lowest BCUT2D eigenvalue weighted by Crippen LogP contribution is -2.25. The molecule has 1 heterocycles. The number of para-hydroxylation sites is 2. The average Bonchev–Trinajstić information content (AvgIpc) is 2.43. The Balaban J connectivity index is 2.10. The van der Waals surface area contributed by atoms with Gasteiger partial charge in [0.25, 0.3) is 0 Å². The van der Waals surface area contributed by atoms with Gasteiger partial charge in [0.15, 0.2) is 0 Å². The summed E-state index contributed by atoms with van der Waals surface area (Å²) in [5, 5.41) is 12.4. The number of nitrogens with zero attached hydrogens (tertiary/aromatic N) is 2. The summed E-state index contributed by atoms with van der Waals surface area (Å²) in [7, 11) is 1.64. The van der Waals surface area contributed by atoms with Crippen LogP contribution in [-0.2, 0) is 4.74 Å². The zero-order valence-corrected chi connectivity index (χ0v) is 10.3. The summed E-state index contributed by atoms with van der Waals surface area (Å²) < 4.78 is 4.99. The molecule has 0 saturated carbocycles. The highest BCUT2D eigenvalue weighted by Crippen LogP contribution is 2.12. The van der Waals surface area contributed by atoms with E-state index in [1.807, 2.05) is 24.3 Å². The van der Waals surface area contributed by atoms with Gasteiger partial charge in [-0.25, -0.2) is 4.98 Å². The quantitative estimate of drug-likeness (QED) is 0.808. The fourth-order valence-corrected chi connectivity index (χ4v) is 1.71. The predicted octanol–water partition coefficient (Wildman–Crippen LogP) is 1.44. The van der Waals surface area contributed by atoms with Crippen LogP contribution >= 0.6 is 0 Å². The van der Waals surface area contributed by atoms with Gasteiger partial charge in [-0.2, -0.15) is 0 Å². The van der Waals surface area contributed by atoms with Crippen LogP contribution in [0.15, 0.2) is 30.5 Å². The molecule has 5 nitrogen and oxygen atoms in total.